The average Bonchev–Trinajstić information content (AvgIpc) is 3.26. The highest BCUT2D eigenvalue weighted by Gasteiger charge is 2.41. The Labute approximate surface area is 159 Å². The second-order valence-corrected chi connectivity index (χ2v) is 7.87. The van der Waals surface area contributed by atoms with Crippen molar-refractivity contribution < 1.29 is 19.1 Å². The molecule has 3 aliphatic rings. The zero-order valence-electron chi connectivity index (χ0n) is 16.1. The maximum Gasteiger partial charge on any atom is 0.289 e. The van der Waals surface area contributed by atoms with Gasteiger partial charge < -0.3 is 24.3 Å². The molecule has 148 valence electrons. The number of fused-ring (bicyclic) bond motifs is 1. The minimum absolute atomic E-state index is 0.0299. The Hall–Kier alpha value is -1.93. The summed E-state index contributed by atoms with van der Waals surface area (Å²) in [5.74, 6) is -0.414. The van der Waals surface area contributed by atoms with Gasteiger partial charge in [0.15, 0.2) is 11.6 Å². The summed E-state index contributed by atoms with van der Waals surface area (Å²) in [6, 6.07) is 0.0299. The predicted octanol–water partition coefficient (Wildman–Crippen LogP) is 1.34. The molecule has 0 atom stereocenters. The summed E-state index contributed by atoms with van der Waals surface area (Å²) in [5.41, 5.74) is 1.29. The highest BCUT2D eigenvalue weighted by Crippen LogP contribution is 2.32. The first-order valence-corrected chi connectivity index (χ1v) is 9.96. The first-order chi connectivity index (χ1) is 13.0. The predicted molar refractivity (Wildman–Crippen MR) is 97.5 cm³/mol. The number of carbonyl (C=O) groups is 2. The molecule has 27 heavy (non-hydrogen) atoms. The third kappa shape index (κ3) is 3.48. The van der Waals surface area contributed by atoms with Crippen molar-refractivity contribution in [1.82, 2.24) is 19.8 Å². The van der Waals surface area contributed by atoms with E-state index in [1.807, 2.05) is 23.3 Å². The largest absolute Gasteiger partial charge is 0.348 e. The van der Waals surface area contributed by atoms with Gasteiger partial charge in [-0.2, -0.15) is 0 Å². The molecule has 3 aliphatic heterocycles. The summed E-state index contributed by atoms with van der Waals surface area (Å²) in [6.07, 6.45) is 4.15. The van der Waals surface area contributed by atoms with Gasteiger partial charge in [-0.15, -0.1) is 0 Å². The van der Waals surface area contributed by atoms with Crippen LogP contribution in [0, 0.1) is 0 Å². The van der Waals surface area contributed by atoms with E-state index in [1.54, 1.807) is 0 Å². The molecule has 1 N–H and O–H groups in total. The number of nitrogens with one attached hydrogen (secondary N) is 1. The van der Waals surface area contributed by atoms with Crippen LogP contribution in [0.3, 0.4) is 0 Å². The Morgan fingerprint density at radius 3 is 2.48 bits per heavy atom. The highest BCUT2D eigenvalue weighted by molar-refractivity contribution is 5.97. The van der Waals surface area contributed by atoms with Gasteiger partial charge in [0.05, 0.1) is 18.9 Å². The van der Waals surface area contributed by atoms with Gasteiger partial charge in [0, 0.05) is 38.5 Å². The van der Waals surface area contributed by atoms with Crippen LogP contribution in [0.1, 0.15) is 66.3 Å². The minimum atomic E-state index is -0.509. The van der Waals surface area contributed by atoms with Gasteiger partial charge in [-0.25, -0.2) is 4.98 Å². The molecule has 1 aromatic rings. The van der Waals surface area contributed by atoms with Crippen molar-refractivity contribution in [2.45, 2.75) is 64.3 Å². The topological polar surface area (TPSA) is 85.7 Å². The second kappa shape index (κ2) is 7.24. The van der Waals surface area contributed by atoms with Gasteiger partial charge in [-0.05, 0) is 33.1 Å². The number of nitrogens with zero attached hydrogens (tertiary/aromatic N) is 3. The fourth-order valence-electron chi connectivity index (χ4n) is 4.20. The smallest absolute Gasteiger partial charge is 0.289 e. The molecule has 8 heteroatoms. The Morgan fingerprint density at radius 1 is 1.11 bits per heavy atom. The maximum absolute atomic E-state index is 13.2. The monoisotopic (exact) mass is 376 g/mol. The number of aromatic nitrogens is 2. The highest BCUT2D eigenvalue weighted by atomic mass is 16.7. The van der Waals surface area contributed by atoms with E-state index < -0.39 is 5.79 Å². The number of imidazole rings is 1. The van der Waals surface area contributed by atoms with Crippen molar-refractivity contribution in [2.75, 3.05) is 26.3 Å². The number of likely N-dealkylation sites (tertiary alicyclic amines) is 1. The van der Waals surface area contributed by atoms with Crippen LogP contribution in [0.4, 0.5) is 0 Å². The lowest BCUT2D eigenvalue weighted by molar-refractivity contribution is -0.181. The maximum atomic E-state index is 13.2. The van der Waals surface area contributed by atoms with E-state index >= 15 is 0 Å². The molecular weight excluding hydrogens is 348 g/mol. The molecule has 0 radical (unpaired) electrons. The molecule has 0 aromatic carbocycles. The molecule has 1 aromatic heterocycles. The van der Waals surface area contributed by atoms with E-state index in [1.165, 1.54) is 0 Å². The van der Waals surface area contributed by atoms with Crippen LogP contribution in [0.2, 0.25) is 0 Å². The first kappa shape index (κ1) is 18.4. The molecule has 0 saturated carbocycles. The molecular formula is C19H28N4O4. The van der Waals surface area contributed by atoms with Crippen molar-refractivity contribution in [2.24, 2.45) is 0 Å². The number of hydrogen-bond acceptors (Lipinski definition) is 5. The third-order valence-corrected chi connectivity index (χ3v) is 5.57. The molecule has 1 spiro atoms. The summed E-state index contributed by atoms with van der Waals surface area (Å²) in [6.45, 7) is 6.98. The summed E-state index contributed by atoms with van der Waals surface area (Å²) in [4.78, 5) is 32.0. The number of ether oxygens (including phenoxy) is 2. The van der Waals surface area contributed by atoms with Crippen LogP contribution in [0.25, 0.3) is 0 Å². The second-order valence-electron chi connectivity index (χ2n) is 7.87. The fourth-order valence-corrected chi connectivity index (χ4v) is 4.20. The van der Waals surface area contributed by atoms with E-state index in [9.17, 15) is 9.59 Å². The molecule has 0 unspecified atom stereocenters. The zero-order valence-corrected chi connectivity index (χ0v) is 16.1. The molecule has 4 rings (SSSR count). The van der Waals surface area contributed by atoms with Crippen molar-refractivity contribution in [1.29, 1.82) is 0 Å². The zero-order chi connectivity index (χ0) is 19.0. The lowest BCUT2D eigenvalue weighted by Crippen LogP contribution is -2.47. The van der Waals surface area contributed by atoms with Crippen LogP contribution >= 0.6 is 0 Å². The molecule has 0 bridgehead atoms. The molecule has 4 heterocycles. The van der Waals surface area contributed by atoms with Gasteiger partial charge in [-0.3, -0.25) is 9.59 Å². The van der Waals surface area contributed by atoms with E-state index in [2.05, 4.69) is 10.3 Å². The van der Waals surface area contributed by atoms with Gasteiger partial charge in [0.2, 0.25) is 0 Å². The van der Waals surface area contributed by atoms with Crippen LogP contribution in [0.5, 0.6) is 0 Å². The van der Waals surface area contributed by atoms with Crippen molar-refractivity contribution in [3.05, 3.63) is 17.2 Å². The number of carbonyl (C=O) groups excluding carboxylic acids is 2. The van der Waals surface area contributed by atoms with Gasteiger partial charge in [0.25, 0.3) is 11.8 Å². The molecule has 2 fully saturated rings. The normalized spacial score (nSPS) is 21.5. The van der Waals surface area contributed by atoms with Crippen LogP contribution in [-0.4, -0.2) is 64.4 Å². The molecule has 2 amide bonds. The summed E-state index contributed by atoms with van der Waals surface area (Å²) in [5, 5.41) is 2.90. The fraction of sp³-hybridized carbons (Fsp3) is 0.737. The van der Waals surface area contributed by atoms with Crippen LogP contribution in [-0.2, 0) is 22.4 Å². The van der Waals surface area contributed by atoms with Crippen molar-refractivity contribution in [3.63, 3.8) is 0 Å². The number of rotatable bonds is 3. The Morgan fingerprint density at radius 2 is 1.81 bits per heavy atom. The van der Waals surface area contributed by atoms with Gasteiger partial charge in [0.1, 0.15) is 5.69 Å². The third-order valence-electron chi connectivity index (χ3n) is 5.57. The lowest BCUT2D eigenvalue weighted by Gasteiger charge is -2.37. The summed E-state index contributed by atoms with van der Waals surface area (Å²) >= 11 is 0. The van der Waals surface area contributed by atoms with E-state index in [4.69, 9.17) is 9.47 Å². The molecule has 0 aliphatic carbocycles. The van der Waals surface area contributed by atoms with E-state index in [-0.39, 0.29) is 17.9 Å². The van der Waals surface area contributed by atoms with E-state index in [0.717, 1.165) is 31.5 Å². The van der Waals surface area contributed by atoms with Crippen LogP contribution in [0.15, 0.2) is 0 Å². The number of amides is 2. The van der Waals surface area contributed by atoms with Crippen molar-refractivity contribution in [3.8, 4) is 0 Å². The lowest BCUT2D eigenvalue weighted by atomic mass is 10.0. The average molecular weight is 376 g/mol. The standard InChI is InChI=1S/C19H28N4O4/c1-13(2)20-17(24)15-14-5-3-4-8-23(14)16(21-15)18(25)22-9-6-19(7-10-22)26-11-12-27-19/h13H,3-12H2,1-2H3,(H,20,24). The Kier molecular flexibility index (Phi) is 4.94. The van der Waals surface area contributed by atoms with Gasteiger partial charge >= 0.3 is 0 Å². The summed E-state index contributed by atoms with van der Waals surface area (Å²) < 4.78 is 13.4. The molecule has 8 nitrogen and oxygen atoms in total. The van der Waals surface area contributed by atoms with Gasteiger partial charge in [-0.1, -0.05) is 0 Å². The Bertz CT molecular complexity index is 726. The minimum Gasteiger partial charge on any atom is -0.348 e. The first-order valence-electron chi connectivity index (χ1n) is 9.96. The molecule has 2 saturated heterocycles. The number of hydrogen-bond donors (Lipinski definition) is 1. The van der Waals surface area contributed by atoms with Crippen LogP contribution < -0.4 is 5.32 Å². The van der Waals surface area contributed by atoms with E-state index in [0.29, 0.717) is 50.7 Å². The summed E-state index contributed by atoms with van der Waals surface area (Å²) in [7, 11) is 0. The Balaban J connectivity index is 1.55. The van der Waals surface area contributed by atoms with Crippen molar-refractivity contribution >= 4 is 11.8 Å². The SMILES string of the molecule is CC(C)NC(=O)c1nc(C(=O)N2CCC3(CC2)OCCO3)n2c1CCCC2. The number of piperidine rings is 1. The quantitative estimate of drug-likeness (QED) is 0.860.